The van der Waals surface area contributed by atoms with Crippen LogP contribution in [-0.2, 0) is 16.1 Å². The molecule has 1 aromatic carbocycles. The molecule has 2 heterocycles. The van der Waals surface area contributed by atoms with Crippen molar-refractivity contribution in [3.05, 3.63) is 53.6 Å². The Kier molecular flexibility index (Phi) is 10.9. The quantitative estimate of drug-likeness (QED) is 0.256. The lowest BCUT2D eigenvalue weighted by atomic mass is 9.89. The van der Waals surface area contributed by atoms with Crippen LogP contribution in [-0.4, -0.2) is 68.5 Å². The molecule has 0 bridgehead atoms. The van der Waals surface area contributed by atoms with Crippen LogP contribution in [0.1, 0.15) is 74.1 Å². The number of rotatable bonds is 8. The van der Waals surface area contributed by atoms with Gasteiger partial charge in [-0.2, -0.15) is 0 Å². The van der Waals surface area contributed by atoms with Gasteiger partial charge in [0.25, 0.3) is 0 Å². The molecule has 0 amide bonds. The molecule has 0 saturated carbocycles. The largest absolute Gasteiger partial charge is 0.507 e. The Hall–Kier alpha value is -3.21. The monoisotopic (exact) mass is 529 g/mol. The molecule has 10 nitrogen and oxygen atoms in total. The number of cyclic esters (lactones) is 1. The second-order valence-corrected chi connectivity index (χ2v) is 9.90. The van der Waals surface area contributed by atoms with Gasteiger partial charge >= 0.3 is 5.97 Å². The highest BCUT2D eigenvalue weighted by atomic mass is 16.5. The van der Waals surface area contributed by atoms with Crippen molar-refractivity contribution >= 4 is 11.8 Å². The molecule has 0 saturated heterocycles. The number of nitrogens with one attached hydrogen (secondary N) is 2. The summed E-state index contributed by atoms with van der Waals surface area (Å²) < 4.78 is 11.5. The van der Waals surface area contributed by atoms with Gasteiger partial charge in [0, 0.05) is 24.4 Å². The van der Waals surface area contributed by atoms with Crippen molar-refractivity contribution in [1.82, 2.24) is 15.3 Å². The van der Waals surface area contributed by atoms with E-state index in [4.69, 9.17) is 9.47 Å². The summed E-state index contributed by atoms with van der Waals surface area (Å²) in [6, 6.07) is 3.13. The number of aliphatic hydroxyl groups excluding tert-OH is 2. The van der Waals surface area contributed by atoms with Crippen molar-refractivity contribution in [2.24, 2.45) is 5.92 Å². The van der Waals surface area contributed by atoms with Crippen molar-refractivity contribution < 1.29 is 34.4 Å². The van der Waals surface area contributed by atoms with E-state index in [2.05, 4.69) is 15.3 Å². The Bertz CT molecular complexity index is 1090. The molecule has 208 valence electrons. The van der Waals surface area contributed by atoms with E-state index >= 15 is 0 Å². The van der Waals surface area contributed by atoms with Gasteiger partial charge in [0.15, 0.2) is 5.78 Å². The summed E-state index contributed by atoms with van der Waals surface area (Å²) in [6.45, 7) is 7.18. The summed E-state index contributed by atoms with van der Waals surface area (Å²) in [7, 11) is 0. The number of phenolic OH excluding ortho intramolecular Hbond substituents is 1. The number of ether oxygens (including phenoxy) is 2. The Balaban J connectivity index is 1.70. The lowest BCUT2D eigenvalue weighted by Crippen LogP contribution is -2.33. The molecule has 0 spiro atoms. The van der Waals surface area contributed by atoms with Crippen molar-refractivity contribution in [3.63, 3.8) is 0 Å². The summed E-state index contributed by atoms with van der Waals surface area (Å²) >= 11 is 0. The minimum atomic E-state index is -1.54. The smallest absolute Gasteiger partial charge is 0.342 e. The number of aromatic nitrogens is 2. The number of hydrogen-bond acceptors (Lipinski definition) is 9. The Morgan fingerprint density at radius 2 is 1.95 bits per heavy atom. The summed E-state index contributed by atoms with van der Waals surface area (Å²) in [6.07, 6.45) is 4.98. The molecule has 0 fully saturated rings. The van der Waals surface area contributed by atoms with Gasteiger partial charge in [0.05, 0.1) is 19.3 Å². The molecular weight excluding hydrogens is 490 g/mol. The molecule has 3 rings (SSSR count). The first-order chi connectivity index (χ1) is 18.2. The highest BCUT2D eigenvalue weighted by Crippen LogP contribution is 2.36. The zero-order chi connectivity index (χ0) is 27.7. The maximum Gasteiger partial charge on any atom is 0.342 e. The van der Waals surface area contributed by atoms with Gasteiger partial charge in [0.1, 0.15) is 35.1 Å². The molecule has 1 aromatic heterocycles. The van der Waals surface area contributed by atoms with E-state index in [0.717, 1.165) is 25.2 Å². The van der Waals surface area contributed by atoms with Gasteiger partial charge in [-0.1, -0.05) is 19.9 Å². The van der Waals surface area contributed by atoms with Crippen LogP contribution in [0, 0.1) is 5.92 Å². The van der Waals surface area contributed by atoms with Crippen molar-refractivity contribution in [2.75, 3.05) is 13.2 Å². The second kappa shape index (κ2) is 14.1. The number of phenols is 1. The van der Waals surface area contributed by atoms with E-state index in [-0.39, 0.29) is 29.6 Å². The number of aromatic amines is 1. The maximum absolute atomic E-state index is 13.1. The molecule has 0 radical (unpaired) electrons. The standard InChI is InChI=1S/C28H39N3O7/c1-17-6-8-22(32)27(35)23(33)9-7-18(2)21-14-20(15-24(34)26(21)28(36)38-19(17)3)37-13-5-4-10-29-16-25-30-11-12-31-25/h6,8,11-12,14-15,17-19,23,27,29,33-35H,4-5,7,9-10,13,16H2,1-3H3,(H,30,31)/b8-6-/t17-,18?,19+,23+,27-/m1/s1. The molecule has 38 heavy (non-hydrogen) atoms. The second-order valence-electron chi connectivity index (χ2n) is 9.90. The van der Waals surface area contributed by atoms with Gasteiger partial charge in [-0.25, -0.2) is 9.78 Å². The Morgan fingerprint density at radius 3 is 2.68 bits per heavy atom. The number of carbonyl (C=O) groups excluding carboxylic acids is 2. The van der Waals surface area contributed by atoms with Gasteiger partial charge in [-0.05, 0) is 62.8 Å². The summed E-state index contributed by atoms with van der Waals surface area (Å²) in [5.41, 5.74) is 0.573. The fourth-order valence-corrected chi connectivity index (χ4v) is 4.22. The lowest BCUT2D eigenvalue weighted by Gasteiger charge is -2.24. The predicted molar refractivity (Wildman–Crippen MR) is 141 cm³/mol. The molecule has 0 aliphatic carbocycles. The molecule has 1 aliphatic rings. The lowest BCUT2D eigenvalue weighted by molar-refractivity contribution is -0.128. The zero-order valence-electron chi connectivity index (χ0n) is 22.2. The first kappa shape index (κ1) is 29.3. The van der Waals surface area contributed by atoms with Gasteiger partial charge in [-0.15, -0.1) is 0 Å². The molecule has 1 unspecified atom stereocenters. The number of aromatic hydroxyl groups is 1. The van der Waals surface area contributed by atoms with Crippen LogP contribution in [0.4, 0.5) is 0 Å². The number of nitrogens with zero attached hydrogens (tertiary/aromatic N) is 1. The van der Waals surface area contributed by atoms with E-state index in [0.29, 0.717) is 30.9 Å². The third-order valence-corrected chi connectivity index (χ3v) is 6.87. The number of H-pyrrole nitrogens is 1. The third-order valence-electron chi connectivity index (χ3n) is 6.87. The number of hydrogen-bond donors (Lipinski definition) is 5. The number of unbranched alkanes of at least 4 members (excludes halogenated alkanes) is 1. The fraction of sp³-hybridized carbons (Fsp3) is 0.536. The van der Waals surface area contributed by atoms with E-state index < -0.39 is 30.1 Å². The number of aliphatic hydroxyl groups is 2. The zero-order valence-corrected chi connectivity index (χ0v) is 22.2. The molecule has 2 aromatic rings. The molecule has 10 heteroatoms. The molecule has 1 aliphatic heterocycles. The van der Waals surface area contributed by atoms with E-state index in [1.165, 1.54) is 18.2 Å². The first-order valence-electron chi connectivity index (χ1n) is 13.1. The normalized spacial score (nSPS) is 25.8. The van der Waals surface area contributed by atoms with E-state index in [9.17, 15) is 24.9 Å². The number of imidazole rings is 1. The van der Waals surface area contributed by atoms with Crippen molar-refractivity contribution in [3.8, 4) is 11.5 Å². The van der Waals surface area contributed by atoms with Gasteiger partial charge in [0.2, 0.25) is 0 Å². The van der Waals surface area contributed by atoms with E-state index in [1.807, 2.05) is 6.92 Å². The van der Waals surface area contributed by atoms with Crippen LogP contribution in [0.3, 0.4) is 0 Å². The number of esters is 1. The van der Waals surface area contributed by atoms with Crippen LogP contribution in [0.15, 0.2) is 36.7 Å². The average Bonchev–Trinajstić information content (AvgIpc) is 3.41. The Morgan fingerprint density at radius 1 is 1.16 bits per heavy atom. The fourth-order valence-electron chi connectivity index (χ4n) is 4.22. The van der Waals surface area contributed by atoms with Crippen LogP contribution < -0.4 is 10.1 Å². The number of carbonyl (C=O) groups is 2. The van der Waals surface area contributed by atoms with Crippen LogP contribution in [0.5, 0.6) is 11.5 Å². The SMILES string of the molecule is CC1CC[C@H](O)[C@H](O)C(=O)/C=C\[C@@H](C)[C@H](C)OC(=O)c2c(O)cc(OCCCCNCc3ncc[nH]3)cc21. The first-order valence-corrected chi connectivity index (χ1v) is 13.1. The van der Waals surface area contributed by atoms with Crippen LogP contribution >= 0.6 is 0 Å². The summed E-state index contributed by atoms with van der Waals surface area (Å²) in [4.78, 5) is 32.6. The molecular formula is C28H39N3O7. The van der Waals surface area contributed by atoms with Crippen LogP contribution in [0.2, 0.25) is 0 Å². The number of benzene rings is 1. The minimum Gasteiger partial charge on any atom is -0.507 e. The number of fused-ring (bicyclic) bond motifs is 1. The summed E-state index contributed by atoms with van der Waals surface area (Å²) in [5, 5.41) is 34.7. The predicted octanol–water partition coefficient (Wildman–Crippen LogP) is 2.99. The molecule has 5 atom stereocenters. The maximum atomic E-state index is 13.1. The van der Waals surface area contributed by atoms with E-state index in [1.54, 1.807) is 32.3 Å². The average molecular weight is 530 g/mol. The van der Waals surface area contributed by atoms with Crippen molar-refractivity contribution in [1.29, 1.82) is 0 Å². The summed E-state index contributed by atoms with van der Waals surface area (Å²) in [5.74, 6) is -0.857. The highest BCUT2D eigenvalue weighted by Gasteiger charge is 2.29. The third kappa shape index (κ3) is 8.14. The number of ketones is 1. The highest BCUT2D eigenvalue weighted by molar-refractivity contribution is 5.95. The minimum absolute atomic E-state index is 0.0539. The molecule has 5 N–H and O–H groups in total. The van der Waals surface area contributed by atoms with Crippen LogP contribution in [0.25, 0.3) is 0 Å². The topological polar surface area (TPSA) is 154 Å². The van der Waals surface area contributed by atoms with Gasteiger partial charge in [-0.3, -0.25) is 4.79 Å². The Labute approximate surface area is 223 Å². The van der Waals surface area contributed by atoms with Gasteiger partial charge < -0.3 is 35.1 Å². The van der Waals surface area contributed by atoms with Crippen molar-refractivity contribution in [2.45, 2.75) is 77.2 Å².